The molecule has 1 fully saturated rings. The monoisotopic (exact) mass is 509 g/mol. The van der Waals surface area contributed by atoms with Crippen LogP contribution in [0.15, 0.2) is 42.5 Å². The summed E-state index contributed by atoms with van der Waals surface area (Å²) >= 11 is 0. The largest absolute Gasteiger partial charge is 0.444 e. The number of rotatable bonds is 8. The Morgan fingerprint density at radius 3 is 2.19 bits per heavy atom. The second kappa shape index (κ2) is 11.1. The first-order chi connectivity index (χ1) is 17.3. The van der Waals surface area contributed by atoms with E-state index < -0.39 is 59.1 Å². The molecule has 1 unspecified atom stereocenters. The van der Waals surface area contributed by atoms with Gasteiger partial charge in [0, 0.05) is 0 Å². The number of hydrogen-bond donors (Lipinski definition) is 3. The van der Waals surface area contributed by atoms with Crippen LogP contribution in [0.4, 0.5) is 4.79 Å². The number of imide groups is 1. The Kier molecular flexibility index (Phi) is 8.35. The Balaban J connectivity index is 1.83. The molecule has 4 amide bonds. The van der Waals surface area contributed by atoms with Crippen LogP contribution >= 0.6 is 0 Å². The Morgan fingerprint density at radius 1 is 0.973 bits per heavy atom. The zero-order chi connectivity index (χ0) is 27.5. The fraction of sp³-hybridized carbons (Fsp3) is 0.464. The molecule has 1 aliphatic heterocycles. The molecule has 4 atom stereocenters. The first kappa shape index (κ1) is 27.8. The van der Waals surface area contributed by atoms with Gasteiger partial charge in [0.05, 0.1) is 24.4 Å². The number of ether oxygens (including phenoxy) is 1. The van der Waals surface area contributed by atoms with Crippen LogP contribution in [0.3, 0.4) is 0 Å². The molecule has 2 aromatic carbocycles. The standard InChI is InChI=1S/C28H35N3O6/c1-15(2)23(24(33)22-16(3)25(34)31-26(22)35)30-21(32)14-20(29-27(36)37-28(4,5)6)19-12-11-17-9-7-8-10-18(17)13-19/h7-13,15-16,20,22-23H,14H2,1-6H3,(H,29,36)(H,30,32)(H,31,34,35)/t16-,20?,22+,23-/m0/s1. The fourth-order valence-electron chi connectivity index (χ4n) is 4.37. The first-order valence-corrected chi connectivity index (χ1v) is 12.4. The molecule has 1 aliphatic rings. The van der Waals surface area contributed by atoms with E-state index in [-0.39, 0.29) is 12.3 Å². The lowest BCUT2D eigenvalue weighted by Crippen LogP contribution is -2.49. The average molecular weight is 510 g/mol. The van der Waals surface area contributed by atoms with Gasteiger partial charge >= 0.3 is 6.09 Å². The van der Waals surface area contributed by atoms with E-state index in [0.717, 1.165) is 10.8 Å². The molecule has 3 rings (SSSR count). The maximum atomic E-state index is 13.2. The molecule has 9 nitrogen and oxygen atoms in total. The van der Waals surface area contributed by atoms with Gasteiger partial charge in [0.1, 0.15) is 11.5 Å². The Hall–Kier alpha value is -3.75. The summed E-state index contributed by atoms with van der Waals surface area (Å²) in [6, 6.07) is 11.6. The van der Waals surface area contributed by atoms with Crippen molar-refractivity contribution >= 4 is 40.4 Å². The van der Waals surface area contributed by atoms with Crippen molar-refractivity contribution in [3.8, 4) is 0 Å². The number of carbonyl (C=O) groups excluding carboxylic acids is 5. The molecule has 0 aromatic heterocycles. The van der Waals surface area contributed by atoms with Crippen LogP contribution in [0.1, 0.15) is 59.6 Å². The molecule has 2 aromatic rings. The van der Waals surface area contributed by atoms with Crippen molar-refractivity contribution in [1.82, 2.24) is 16.0 Å². The van der Waals surface area contributed by atoms with Crippen molar-refractivity contribution in [2.24, 2.45) is 17.8 Å². The zero-order valence-electron chi connectivity index (χ0n) is 22.1. The van der Waals surface area contributed by atoms with Crippen LogP contribution in [-0.4, -0.2) is 41.2 Å². The van der Waals surface area contributed by atoms with Crippen molar-refractivity contribution in [2.45, 2.75) is 65.6 Å². The number of nitrogens with one attached hydrogen (secondary N) is 3. The van der Waals surface area contributed by atoms with E-state index >= 15 is 0 Å². The second-order valence-corrected chi connectivity index (χ2v) is 10.8. The number of carbonyl (C=O) groups is 5. The van der Waals surface area contributed by atoms with Gasteiger partial charge in [-0.05, 0) is 49.1 Å². The molecule has 198 valence electrons. The van der Waals surface area contributed by atoms with Crippen molar-refractivity contribution in [3.05, 3.63) is 48.0 Å². The van der Waals surface area contributed by atoms with Crippen LogP contribution < -0.4 is 16.0 Å². The summed E-state index contributed by atoms with van der Waals surface area (Å²) in [5.41, 5.74) is -0.0349. The molecule has 1 saturated heterocycles. The first-order valence-electron chi connectivity index (χ1n) is 12.4. The molecule has 37 heavy (non-hydrogen) atoms. The number of alkyl carbamates (subject to hydrolysis) is 1. The molecule has 0 radical (unpaired) electrons. The van der Waals surface area contributed by atoms with Crippen molar-refractivity contribution in [1.29, 1.82) is 0 Å². The molecule has 3 N–H and O–H groups in total. The van der Waals surface area contributed by atoms with E-state index in [1.54, 1.807) is 34.6 Å². The summed E-state index contributed by atoms with van der Waals surface area (Å²) in [6.45, 7) is 10.3. The minimum absolute atomic E-state index is 0.167. The minimum atomic E-state index is -1.16. The van der Waals surface area contributed by atoms with Gasteiger partial charge in [-0.2, -0.15) is 0 Å². The third-order valence-electron chi connectivity index (χ3n) is 6.30. The Labute approximate surface area is 216 Å². The van der Waals surface area contributed by atoms with E-state index in [2.05, 4.69) is 16.0 Å². The summed E-state index contributed by atoms with van der Waals surface area (Å²) < 4.78 is 5.41. The molecule has 0 bridgehead atoms. The maximum absolute atomic E-state index is 13.2. The number of hydrogen-bond acceptors (Lipinski definition) is 6. The van der Waals surface area contributed by atoms with Crippen molar-refractivity contribution in [3.63, 3.8) is 0 Å². The highest BCUT2D eigenvalue weighted by Gasteiger charge is 2.46. The summed E-state index contributed by atoms with van der Waals surface area (Å²) in [4.78, 5) is 63.1. The summed E-state index contributed by atoms with van der Waals surface area (Å²) in [6.07, 6.45) is -0.843. The van der Waals surface area contributed by atoms with Gasteiger partial charge in [-0.1, -0.05) is 57.2 Å². The van der Waals surface area contributed by atoms with Crippen LogP contribution in [0.25, 0.3) is 10.8 Å². The van der Waals surface area contributed by atoms with Gasteiger partial charge in [-0.15, -0.1) is 0 Å². The van der Waals surface area contributed by atoms with Gasteiger partial charge in [0.2, 0.25) is 17.7 Å². The van der Waals surface area contributed by atoms with E-state index in [1.165, 1.54) is 6.92 Å². The van der Waals surface area contributed by atoms with Gasteiger partial charge in [0.15, 0.2) is 5.78 Å². The minimum Gasteiger partial charge on any atom is -0.444 e. The average Bonchev–Trinajstić information content (AvgIpc) is 3.05. The van der Waals surface area contributed by atoms with Crippen LogP contribution in [0.2, 0.25) is 0 Å². The van der Waals surface area contributed by atoms with Crippen molar-refractivity contribution < 1.29 is 28.7 Å². The van der Waals surface area contributed by atoms with E-state index in [9.17, 15) is 24.0 Å². The van der Waals surface area contributed by atoms with Crippen LogP contribution in [0, 0.1) is 17.8 Å². The summed E-state index contributed by atoms with van der Waals surface area (Å²) in [5, 5.41) is 9.64. The number of benzene rings is 2. The number of ketones is 1. The Morgan fingerprint density at radius 2 is 1.62 bits per heavy atom. The van der Waals surface area contributed by atoms with E-state index in [4.69, 9.17) is 4.74 Å². The van der Waals surface area contributed by atoms with E-state index in [1.807, 2.05) is 42.5 Å². The predicted molar refractivity (Wildman–Crippen MR) is 138 cm³/mol. The SMILES string of the molecule is CC(C)[C@H](NC(=O)CC(NC(=O)OC(C)(C)C)c1ccc2ccccc2c1)C(=O)[C@@H]1C(=O)NC(=O)[C@H]1C. The van der Waals surface area contributed by atoms with Gasteiger partial charge in [-0.25, -0.2) is 4.79 Å². The lowest BCUT2D eigenvalue weighted by molar-refractivity contribution is -0.137. The molecule has 1 heterocycles. The Bertz CT molecular complexity index is 1220. The number of Topliss-reactive ketones (excluding diaryl/α,β-unsaturated/α-hetero) is 1. The predicted octanol–water partition coefficient (Wildman–Crippen LogP) is 3.41. The molecule has 0 saturated carbocycles. The highest BCUT2D eigenvalue weighted by atomic mass is 16.6. The smallest absolute Gasteiger partial charge is 0.408 e. The van der Waals surface area contributed by atoms with Gasteiger partial charge < -0.3 is 15.4 Å². The van der Waals surface area contributed by atoms with E-state index in [0.29, 0.717) is 5.56 Å². The number of amides is 4. The zero-order valence-corrected chi connectivity index (χ0v) is 22.1. The van der Waals surface area contributed by atoms with Gasteiger partial charge in [0.25, 0.3) is 0 Å². The summed E-state index contributed by atoms with van der Waals surface area (Å²) in [7, 11) is 0. The lowest BCUT2D eigenvalue weighted by atomic mass is 9.85. The normalized spacial score (nSPS) is 19.3. The summed E-state index contributed by atoms with van der Waals surface area (Å²) in [5.74, 6) is -4.45. The quantitative estimate of drug-likeness (QED) is 0.369. The maximum Gasteiger partial charge on any atom is 0.408 e. The number of fused-ring (bicyclic) bond motifs is 1. The topological polar surface area (TPSA) is 131 Å². The second-order valence-electron chi connectivity index (χ2n) is 10.8. The van der Waals surface area contributed by atoms with Crippen molar-refractivity contribution in [2.75, 3.05) is 0 Å². The molecular formula is C28H35N3O6. The fourth-order valence-corrected chi connectivity index (χ4v) is 4.37. The highest BCUT2D eigenvalue weighted by Crippen LogP contribution is 2.25. The highest BCUT2D eigenvalue weighted by molar-refractivity contribution is 6.16. The molecule has 9 heteroatoms. The van der Waals surface area contributed by atoms with Gasteiger partial charge in [-0.3, -0.25) is 24.5 Å². The van der Waals surface area contributed by atoms with Crippen LogP contribution in [0.5, 0.6) is 0 Å². The molecule has 0 aliphatic carbocycles. The third kappa shape index (κ3) is 6.93. The lowest BCUT2D eigenvalue weighted by Gasteiger charge is -2.27. The molecular weight excluding hydrogens is 474 g/mol. The van der Waals surface area contributed by atoms with Crippen LogP contribution in [-0.2, 0) is 23.9 Å². The molecule has 0 spiro atoms. The third-order valence-corrected chi connectivity index (χ3v) is 6.30.